The highest BCUT2D eigenvalue weighted by Crippen LogP contribution is 2.24. The molecule has 2 aromatic rings. The Kier molecular flexibility index (Phi) is 4.79. The molecule has 0 fully saturated rings. The van der Waals surface area contributed by atoms with Gasteiger partial charge in [-0.1, -0.05) is 25.2 Å². The largest absolute Gasteiger partial charge is 0.310 e. The summed E-state index contributed by atoms with van der Waals surface area (Å²) in [7, 11) is 0. The number of aromatic nitrogens is 3. The first-order valence-electron chi connectivity index (χ1n) is 5.79. The molecule has 96 valence electrons. The molecule has 0 unspecified atom stereocenters. The monoisotopic (exact) mass is 326 g/mol. The summed E-state index contributed by atoms with van der Waals surface area (Å²) in [4.78, 5) is 4.13. The number of nitrogens with zero attached hydrogens (tertiary/aromatic N) is 3. The van der Waals surface area contributed by atoms with E-state index in [1.54, 1.807) is 23.7 Å². The Hall–Kier alpha value is -0.850. The molecule has 2 aromatic heterocycles. The van der Waals surface area contributed by atoms with Crippen LogP contribution >= 0.6 is 27.3 Å². The second-order valence-corrected chi connectivity index (χ2v) is 6.40. The Morgan fingerprint density at radius 2 is 2.17 bits per heavy atom. The van der Waals surface area contributed by atoms with Crippen molar-refractivity contribution in [2.45, 2.75) is 20.4 Å². The van der Waals surface area contributed by atoms with Gasteiger partial charge in [-0.05, 0) is 34.5 Å². The Morgan fingerprint density at radius 1 is 1.33 bits per heavy atom. The van der Waals surface area contributed by atoms with E-state index in [2.05, 4.69) is 50.3 Å². The second kappa shape index (κ2) is 6.36. The maximum atomic E-state index is 4.19. The summed E-state index contributed by atoms with van der Waals surface area (Å²) in [6, 6.07) is 2.00. The van der Waals surface area contributed by atoms with Crippen molar-refractivity contribution in [3.8, 4) is 10.6 Å². The zero-order valence-corrected chi connectivity index (χ0v) is 12.8. The fraction of sp³-hybridized carbons (Fsp3) is 0.417. The Morgan fingerprint density at radius 3 is 2.89 bits per heavy atom. The lowest BCUT2D eigenvalue weighted by molar-refractivity contribution is 0.550. The molecule has 2 heterocycles. The van der Waals surface area contributed by atoms with E-state index in [9.17, 15) is 0 Å². The van der Waals surface area contributed by atoms with Crippen LogP contribution in [0.1, 0.15) is 18.9 Å². The number of hydrogen-bond donors (Lipinski definition) is 1. The Labute approximate surface area is 119 Å². The molecule has 2 rings (SSSR count). The molecule has 0 saturated carbocycles. The third-order valence-electron chi connectivity index (χ3n) is 2.25. The topological polar surface area (TPSA) is 50.7 Å². The van der Waals surface area contributed by atoms with Gasteiger partial charge in [0, 0.05) is 29.0 Å². The van der Waals surface area contributed by atoms with Gasteiger partial charge >= 0.3 is 0 Å². The molecule has 18 heavy (non-hydrogen) atoms. The number of hydrogen-bond acceptors (Lipinski definition) is 5. The van der Waals surface area contributed by atoms with E-state index < -0.39 is 0 Å². The standard InChI is InChI=1S/C12H15BrN4S/c1-8(2)4-14-7-11-16-17-12(18-11)9-3-10(13)6-15-5-9/h3,5-6,8,14H,4,7H2,1-2H3. The van der Waals surface area contributed by atoms with E-state index in [1.807, 2.05) is 6.07 Å². The van der Waals surface area contributed by atoms with Crippen molar-refractivity contribution in [1.29, 1.82) is 0 Å². The van der Waals surface area contributed by atoms with Crippen molar-refractivity contribution < 1.29 is 0 Å². The lowest BCUT2D eigenvalue weighted by Gasteiger charge is -2.03. The van der Waals surface area contributed by atoms with E-state index in [0.717, 1.165) is 33.1 Å². The van der Waals surface area contributed by atoms with Gasteiger partial charge in [-0.2, -0.15) is 0 Å². The van der Waals surface area contributed by atoms with Crippen molar-refractivity contribution in [2.75, 3.05) is 6.54 Å². The minimum Gasteiger partial charge on any atom is -0.310 e. The maximum Gasteiger partial charge on any atom is 0.149 e. The minimum absolute atomic E-state index is 0.645. The number of rotatable bonds is 5. The van der Waals surface area contributed by atoms with E-state index in [4.69, 9.17) is 0 Å². The van der Waals surface area contributed by atoms with Crippen LogP contribution in [0, 0.1) is 5.92 Å². The summed E-state index contributed by atoms with van der Waals surface area (Å²) in [5.74, 6) is 0.645. The van der Waals surface area contributed by atoms with Gasteiger partial charge in [-0.25, -0.2) is 0 Å². The first-order valence-corrected chi connectivity index (χ1v) is 7.40. The molecule has 6 heteroatoms. The minimum atomic E-state index is 0.645. The SMILES string of the molecule is CC(C)CNCc1nnc(-c2cncc(Br)c2)s1. The molecule has 1 N–H and O–H groups in total. The fourth-order valence-electron chi connectivity index (χ4n) is 1.44. The predicted molar refractivity (Wildman–Crippen MR) is 77.4 cm³/mol. The molecule has 0 aliphatic carbocycles. The summed E-state index contributed by atoms with van der Waals surface area (Å²) < 4.78 is 0.953. The van der Waals surface area contributed by atoms with Gasteiger partial charge in [0.25, 0.3) is 0 Å². The smallest absolute Gasteiger partial charge is 0.149 e. The van der Waals surface area contributed by atoms with Crippen LogP contribution in [0.15, 0.2) is 22.9 Å². The summed E-state index contributed by atoms with van der Waals surface area (Å²) in [5.41, 5.74) is 0.997. The third-order valence-corrected chi connectivity index (χ3v) is 3.65. The van der Waals surface area contributed by atoms with Gasteiger partial charge in [-0.15, -0.1) is 10.2 Å². The van der Waals surface area contributed by atoms with Crippen LogP contribution in [-0.2, 0) is 6.54 Å². The highest BCUT2D eigenvalue weighted by molar-refractivity contribution is 9.10. The van der Waals surface area contributed by atoms with Crippen molar-refractivity contribution >= 4 is 27.3 Å². The van der Waals surface area contributed by atoms with E-state index >= 15 is 0 Å². The van der Waals surface area contributed by atoms with Gasteiger partial charge in [-0.3, -0.25) is 4.98 Å². The van der Waals surface area contributed by atoms with Gasteiger partial charge in [0.15, 0.2) is 0 Å². The van der Waals surface area contributed by atoms with Crippen LogP contribution in [0.5, 0.6) is 0 Å². The number of nitrogens with one attached hydrogen (secondary N) is 1. The molecule has 0 aliphatic heterocycles. The first-order chi connectivity index (χ1) is 8.65. The van der Waals surface area contributed by atoms with Crippen LogP contribution in [0.4, 0.5) is 0 Å². The maximum absolute atomic E-state index is 4.19. The molecule has 0 saturated heterocycles. The highest BCUT2D eigenvalue weighted by Gasteiger charge is 2.07. The zero-order chi connectivity index (χ0) is 13.0. The second-order valence-electron chi connectivity index (χ2n) is 4.42. The van der Waals surface area contributed by atoms with Crippen molar-refractivity contribution in [3.63, 3.8) is 0 Å². The zero-order valence-electron chi connectivity index (χ0n) is 10.4. The van der Waals surface area contributed by atoms with Gasteiger partial charge < -0.3 is 5.32 Å². The van der Waals surface area contributed by atoms with Crippen molar-refractivity contribution in [1.82, 2.24) is 20.5 Å². The fourth-order valence-corrected chi connectivity index (χ4v) is 2.59. The number of pyridine rings is 1. The van der Waals surface area contributed by atoms with Gasteiger partial charge in [0.05, 0.1) is 0 Å². The molecular formula is C12H15BrN4S. The van der Waals surface area contributed by atoms with Crippen LogP contribution in [-0.4, -0.2) is 21.7 Å². The average Bonchev–Trinajstić information content (AvgIpc) is 2.77. The molecule has 0 atom stereocenters. The Bertz CT molecular complexity index is 512. The van der Waals surface area contributed by atoms with Crippen LogP contribution in [0.25, 0.3) is 10.6 Å². The number of halogens is 1. The molecule has 0 radical (unpaired) electrons. The summed E-state index contributed by atoms with van der Waals surface area (Å²) in [6.45, 7) is 6.14. The lowest BCUT2D eigenvalue weighted by Crippen LogP contribution is -2.18. The summed E-state index contributed by atoms with van der Waals surface area (Å²) in [6.07, 6.45) is 3.56. The van der Waals surface area contributed by atoms with Crippen LogP contribution < -0.4 is 5.32 Å². The third kappa shape index (κ3) is 3.83. The van der Waals surface area contributed by atoms with Crippen molar-refractivity contribution in [2.24, 2.45) is 5.92 Å². The van der Waals surface area contributed by atoms with Gasteiger partial charge in [0.2, 0.25) is 0 Å². The van der Waals surface area contributed by atoms with E-state index in [1.165, 1.54) is 0 Å². The summed E-state index contributed by atoms with van der Waals surface area (Å²) in [5, 5.41) is 13.6. The van der Waals surface area contributed by atoms with Gasteiger partial charge in [0.1, 0.15) is 10.0 Å². The molecule has 0 aliphatic rings. The van der Waals surface area contributed by atoms with E-state index in [0.29, 0.717) is 5.92 Å². The molecule has 0 aromatic carbocycles. The molecular weight excluding hydrogens is 312 g/mol. The predicted octanol–water partition coefficient (Wildman–Crippen LogP) is 3.11. The average molecular weight is 327 g/mol. The molecule has 0 spiro atoms. The first kappa shape index (κ1) is 13.6. The lowest BCUT2D eigenvalue weighted by atomic mass is 10.2. The molecule has 4 nitrogen and oxygen atoms in total. The highest BCUT2D eigenvalue weighted by atomic mass is 79.9. The molecule has 0 bridgehead atoms. The van der Waals surface area contributed by atoms with E-state index in [-0.39, 0.29) is 0 Å². The van der Waals surface area contributed by atoms with Crippen LogP contribution in [0.3, 0.4) is 0 Å². The normalized spacial score (nSPS) is 11.1. The molecule has 0 amide bonds. The van der Waals surface area contributed by atoms with Crippen molar-refractivity contribution in [3.05, 3.63) is 27.9 Å². The quantitative estimate of drug-likeness (QED) is 0.917. The summed E-state index contributed by atoms with van der Waals surface area (Å²) >= 11 is 5.01. The Balaban J connectivity index is 2.02. The van der Waals surface area contributed by atoms with Crippen LogP contribution in [0.2, 0.25) is 0 Å².